The summed E-state index contributed by atoms with van der Waals surface area (Å²) in [7, 11) is 0. The van der Waals surface area contributed by atoms with Gasteiger partial charge in [0.05, 0.1) is 17.6 Å². The first-order chi connectivity index (χ1) is 15.1. The van der Waals surface area contributed by atoms with Crippen LogP contribution in [-0.2, 0) is 16.4 Å². The van der Waals surface area contributed by atoms with Gasteiger partial charge in [0, 0.05) is 5.69 Å². The number of benzene rings is 3. The Balaban J connectivity index is 1.98. The molecule has 1 N–H and O–H groups in total. The largest absolute Gasteiger partial charge is 0.493 e. The first kappa shape index (κ1) is 23.4. The van der Waals surface area contributed by atoms with Gasteiger partial charge in [0.2, 0.25) is 5.91 Å². The van der Waals surface area contributed by atoms with Crippen molar-refractivity contribution in [3.05, 3.63) is 95.6 Å². The fraction of sp³-hybridized carbons (Fsp3) is 0.269. The molecule has 3 rings (SSSR count). The van der Waals surface area contributed by atoms with Gasteiger partial charge in [-0.2, -0.15) is 13.2 Å². The Hall–Kier alpha value is -3.28. The SMILES string of the molecule is CC(C)COc1ccc(NC(=O)C(C)(c2ccccc2)c2ccccc2)cc1C(F)(F)F. The number of carbonyl (C=O) groups is 1. The summed E-state index contributed by atoms with van der Waals surface area (Å²) < 4.78 is 46.3. The molecule has 0 aromatic heterocycles. The van der Waals surface area contributed by atoms with E-state index in [1.54, 1.807) is 6.92 Å². The van der Waals surface area contributed by atoms with Crippen LogP contribution in [0.4, 0.5) is 18.9 Å². The van der Waals surface area contributed by atoms with E-state index < -0.39 is 23.1 Å². The molecule has 0 aliphatic heterocycles. The van der Waals surface area contributed by atoms with Gasteiger partial charge in [-0.1, -0.05) is 74.5 Å². The quantitative estimate of drug-likeness (QED) is 0.444. The van der Waals surface area contributed by atoms with Crippen LogP contribution in [-0.4, -0.2) is 12.5 Å². The lowest BCUT2D eigenvalue weighted by atomic mass is 9.75. The highest BCUT2D eigenvalue weighted by atomic mass is 19.4. The zero-order valence-electron chi connectivity index (χ0n) is 18.2. The lowest BCUT2D eigenvalue weighted by molar-refractivity contribution is -0.139. The van der Waals surface area contributed by atoms with Crippen LogP contribution in [0.15, 0.2) is 78.9 Å². The fourth-order valence-electron chi connectivity index (χ4n) is 3.44. The average molecular weight is 441 g/mol. The molecule has 32 heavy (non-hydrogen) atoms. The summed E-state index contributed by atoms with van der Waals surface area (Å²) in [6, 6.07) is 21.9. The van der Waals surface area contributed by atoms with Crippen molar-refractivity contribution in [2.45, 2.75) is 32.4 Å². The molecule has 3 nitrogen and oxygen atoms in total. The zero-order chi connectivity index (χ0) is 23.4. The summed E-state index contributed by atoms with van der Waals surface area (Å²) in [5, 5.41) is 2.69. The molecule has 0 radical (unpaired) electrons. The van der Waals surface area contributed by atoms with E-state index in [1.165, 1.54) is 12.1 Å². The molecule has 0 bridgehead atoms. The van der Waals surface area contributed by atoms with Crippen LogP contribution in [0.2, 0.25) is 0 Å². The van der Waals surface area contributed by atoms with E-state index in [4.69, 9.17) is 4.74 Å². The summed E-state index contributed by atoms with van der Waals surface area (Å²) >= 11 is 0. The van der Waals surface area contributed by atoms with E-state index in [1.807, 2.05) is 74.5 Å². The van der Waals surface area contributed by atoms with E-state index in [9.17, 15) is 18.0 Å². The van der Waals surface area contributed by atoms with Crippen LogP contribution in [0.1, 0.15) is 37.5 Å². The molecule has 0 atom stereocenters. The molecule has 6 heteroatoms. The van der Waals surface area contributed by atoms with Crippen LogP contribution >= 0.6 is 0 Å². The number of rotatable bonds is 7. The molecular weight excluding hydrogens is 415 g/mol. The maximum atomic E-state index is 13.7. The third kappa shape index (κ3) is 5.13. The number of nitrogens with one attached hydrogen (secondary N) is 1. The van der Waals surface area contributed by atoms with Gasteiger partial charge in [0.1, 0.15) is 5.75 Å². The monoisotopic (exact) mass is 441 g/mol. The minimum Gasteiger partial charge on any atom is -0.493 e. The maximum absolute atomic E-state index is 13.7. The lowest BCUT2D eigenvalue weighted by Gasteiger charge is -2.30. The summed E-state index contributed by atoms with van der Waals surface area (Å²) in [4.78, 5) is 13.5. The molecule has 0 fully saturated rings. The van der Waals surface area contributed by atoms with E-state index in [0.29, 0.717) is 0 Å². The maximum Gasteiger partial charge on any atom is 0.420 e. The van der Waals surface area contributed by atoms with Crippen molar-refractivity contribution in [2.24, 2.45) is 5.92 Å². The molecule has 0 saturated heterocycles. The van der Waals surface area contributed by atoms with E-state index in [0.717, 1.165) is 17.2 Å². The smallest absolute Gasteiger partial charge is 0.420 e. The molecule has 0 aliphatic rings. The number of hydrogen-bond acceptors (Lipinski definition) is 2. The Morgan fingerprint density at radius 1 is 0.906 bits per heavy atom. The van der Waals surface area contributed by atoms with Gasteiger partial charge in [-0.05, 0) is 42.2 Å². The van der Waals surface area contributed by atoms with Crippen LogP contribution in [0.5, 0.6) is 5.75 Å². The third-order valence-electron chi connectivity index (χ3n) is 5.27. The highest BCUT2D eigenvalue weighted by Crippen LogP contribution is 2.39. The van der Waals surface area contributed by atoms with Crippen LogP contribution in [0, 0.1) is 5.92 Å². The van der Waals surface area contributed by atoms with Gasteiger partial charge >= 0.3 is 6.18 Å². The number of alkyl halides is 3. The average Bonchev–Trinajstić information content (AvgIpc) is 2.78. The van der Waals surface area contributed by atoms with Crippen molar-refractivity contribution < 1.29 is 22.7 Å². The van der Waals surface area contributed by atoms with Gasteiger partial charge < -0.3 is 10.1 Å². The number of ether oxygens (including phenoxy) is 1. The first-order valence-corrected chi connectivity index (χ1v) is 10.4. The van der Waals surface area contributed by atoms with Crippen molar-refractivity contribution in [1.82, 2.24) is 0 Å². The molecule has 1 amide bonds. The Bertz CT molecular complexity index is 1010. The van der Waals surface area contributed by atoms with Gasteiger partial charge in [0.15, 0.2) is 0 Å². The van der Waals surface area contributed by atoms with Crippen molar-refractivity contribution in [3.8, 4) is 5.75 Å². The van der Waals surface area contributed by atoms with Crippen LogP contribution < -0.4 is 10.1 Å². The Morgan fingerprint density at radius 2 is 1.44 bits per heavy atom. The molecular formula is C26H26F3NO2. The van der Waals surface area contributed by atoms with E-state index in [2.05, 4.69) is 5.32 Å². The molecule has 0 heterocycles. The predicted molar refractivity (Wildman–Crippen MR) is 120 cm³/mol. The minimum atomic E-state index is -4.62. The third-order valence-corrected chi connectivity index (χ3v) is 5.27. The van der Waals surface area contributed by atoms with Crippen LogP contribution in [0.25, 0.3) is 0 Å². The first-order valence-electron chi connectivity index (χ1n) is 10.4. The number of amides is 1. The zero-order valence-corrected chi connectivity index (χ0v) is 18.2. The van der Waals surface area contributed by atoms with Crippen molar-refractivity contribution in [3.63, 3.8) is 0 Å². The molecule has 0 saturated carbocycles. The van der Waals surface area contributed by atoms with Crippen LogP contribution in [0.3, 0.4) is 0 Å². The topological polar surface area (TPSA) is 38.3 Å². The molecule has 3 aromatic carbocycles. The molecule has 0 unspecified atom stereocenters. The normalized spacial score (nSPS) is 12.0. The Morgan fingerprint density at radius 3 is 1.91 bits per heavy atom. The Kier molecular flexibility index (Phi) is 6.92. The molecule has 168 valence electrons. The number of carbonyl (C=O) groups excluding carboxylic acids is 1. The number of halogens is 3. The van der Waals surface area contributed by atoms with Gasteiger partial charge in [-0.15, -0.1) is 0 Å². The predicted octanol–water partition coefficient (Wildman–Crippen LogP) is 6.68. The summed E-state index contributed by atoms with van der Waals surface area (Å²) in [6.45, 7) is 5.64. The highest BCUT2D eigenvalue weighted by Gasteiger charge is 2.38. The van der Waals surface area contributed by atoms with Gasteiger partial charge in [-0.3, -0.25) is 4.79 Å². The second kappa shape index (κ2) is 9.47. The standard InChI is InChI=1S/C26H26F3NO2/c1-18(2)17-32-23-15-14-21(16-22(23)26(27,28)29)30-24(31)25(3,19-10-6-4-7-11-19)20-12-8-5-9-13-20/h4-16,18H,17H2,1-3H3,(H,30,31). The minimum absolute atomic E-state index is 0.0531. The Labute approximate surface area is 186 Å². The molecule has 0 aliphatic carbocycles. The highest BCUT2D eigenvalue weighted by molar-refractivity contribution is 6.01. The van der Waals surface area contributed by atoms with Crippen molar-refractivity contribution in [1.29, 1.82) is 0 Å². The molecule has 3 aromatic rings. The van der Waals surface area contributed by atoms with E-state index >= 15 is 0 Å². The van der Waals surface area contributed by atoms with E-state index in [-0.39, 0.29) is 24.0 Å². The van der Waals surface area contributed by atoms with Gasteiger partial charge in [-0.25, -0.2) is 0 Å². The fourth-order valence-corrected chi connectivity index (χ4v) is 3.44. The second-order valence-electron chi connectivity index (χ2n) is 8.22. The number of anilines is 1. The second-order valence-corrected chi connectivity index (χ2v) is 8.22. The van der Waals surface area contributed by atoms with Crippen molar-refractivity contribution in [2.75, 3.05) is 11.9 Å². The number of hydrogen-bond donors (Lipinski definition) is 1. The van der Waals surface area contributed by atoms with Gasteiger partial charge in [0.25, 0.3) is 0 Å². The lowest BCUT2D eigenvalue weighted by Crippen LogP contribution is -2.38. The summed E-state index contributed by atoms with van der Waals surface area (Å²) in [5.74, 6) is -0.607. The summed E-state index contributed by atoms with van der Waals surface area (Å²) in [6.07, 6.45) is -4.62. The molecule has 0 spiro atoms. The summed E-state index contributed by atoms with van der Waals surface area (Å²) in [5.41, 5.74) is -0.504. The van der Waals surface area contributed by atoms with Crippen molar-refractivity contribution >= 4 is 11.6 Å².